The molecule has 1 heterocycles. The first-order valence-corrected chi connectivity index (χ1v) is 10.3. The molecule has 0 saturated carbocycles. The number of esters is 1. The number of aromatic nitrogens is 2. The summed E-state index contributed by atoms with van der Waals surface area (Å²) in [7, 11) is 1.52. The fourth-order valence-corrected chi connectivity index (χ4v) is 3.33. The highest BCUT2D eigenvalue weighted by Gasteiger charge is 2.19. The van der Waals surface area contributed by atoms with E-state index in [9.17, 15) is 19.2 Å². The molecule has 1 aromatic heterocycles. The van der Waals surface area contributed by atoms with Crippen LogP contribution in [0.3, 0.4) is 0 Å². The van der Waals surface area contributed by atoms with Crippen LogP contribution in [0.1, 0.15) is 20.8 Å². The zero-order valence-corrected chi connectivity index (χ0v) is 18.1. The Bertz CT molecular complexity index is 1430. The molecule has 9 heteroatoms. The molecule has 4 aromatic rings. The molecule has 0 atom stereocenters. The molecule has 170 valence electrons. The summed E-state index contributed by atoms with van der Waals surface area (Å²) < 4.78 is 6.32. The first kappa shape index (κ1) is 22.4. The van der Waals surface area contributed by atoms with Crippen molar-refractivity contribution in [3.63, 3.8) is 0 Å². The summed E-state index contributed by atoms with van der Waals surface area (Å²) in [5, 5.41) is 9.96. The van der Waals surface area contributed by atoms with Crippen molar-refractivity contribution < 1.29 is 19.1 Å². The summed E-state index contributed by atoms with van der Waals surface area (Å²) in [6.45, 7) is -0.559. The first-order chi connectivity index (χ1) is 16.5. The standard InChI is InChI=1S/C25H20N4O5/c1-26-23(31)16-11-13-17(14-12-16)27-21(30)15-34-25(33)22-19-9-5-6-10-20(19)24(32)29(28-22)18-7-3-2-4-8-18/h2-14H,15H2,1H3,(H,26,31)(H,27,30). The fraction of sp³-hybridized carbons (Fsp3) is 0.0800. The molecule has 2 N–H and O–H groups in total. The van der Waals surface area contributed by atoms with Gasteiger partial charge in [0.2, 0.25) is 0 Å². The molecule has 2 amide bonds. The van der Waals surface area contributed by atoms with Gasteiger partial charge in [0.25, 0.3) is 17.4 Å². The Labute approximate surface area is 194 Å². The maximum Gasteiger partial charge on any atom is 0.359 e. The van der Waals surface area contributed by atoms with Gasteiger partial charge in [-0.1, -0.05) is 36.4 Å². The lowest BCUT2D eigenvalue weighted by atomic mass is 10.1. The predicted octanol–water partition coefficient (Wildman–Crippen LogP) is 2.54. The van der Waals surface area contributed by atoms with E-state index < -0.39 is 18.5 Å². The summed E-state index contributed by atoms with van der Waals surface area (Å²) >= 11 is 0. The molecular formula is C25H20N4O5. The van der Waals surface area contributed by atoms with Gasteiger partial charge >= 0.3 is 5.97 Å². The van der Waals surface area contributed by atoms with Gasteiger partial charge in [0, 0.05) is 23.7 Å². The number of anilines is 1. The molecule has 0 aliphatic carbocycles. The number of benzene rings is 3. The van der Waals surface area contributed by atoms with Crippen LogP contribution < -0.4 is 16.2 Å². The van der Waals surface area contributed by atoms with E-state index in [-0.39, 0.29) is 17.2 Å². The van der Waals surface area contributed by atoms with Crippen molar-refractivity contribution in [1.82, 2.24) is 15.1 Å². The van der Waals surface area contributed by atoms with Crippen molar-refractivity contribution in [3.8, 4) is 5.69 Å². The van der Waals surface area contributed by atoms with Crippen molar-refractivity contribution in [2.75, 3.05) is 19.0 Å². The van der Waals surface area contributed by atoms with Crippen molar-refractivity contribution in [3.05, 3.63) is 100 Å². The molecule has 0 spiro atoms. The number of fused-ring (bicyclic) bond motifs is 1. The van der Waals surface area contributed by atoms with E-state index in [1.165, 1.54) is 7.05 Å². The number of nitrogens with zero attached hydrogens (tertiary/aromatic N) is 2. The molecule has 3 aromatic carbocycles. The van der Waals surface area contributed by atoms with Crippen molar-refractivity contribution in [2.24, 2.45) is 0 Å². The SMILES string of the molecule is CNC(=O)c1ccc(NC(=O)COC(=O)c2nn(-c3ccccc3)c(=O)c3ccccc23)cc1. The first-order valence-electron chi connectivity index (χ1n) is 10.3. The zero-order chi connectivity index (χ0) is 24.1. The maximum absolute atomic E-state index is 12.9. The van der Waals surface area contributed by atoms with E-state index in [1.54, 1.807) is 78.9 Å². The number of carbonyl (C=O) groups is 3. The second kappa shape index (κ2) is 9.78. The summed E-state index contributed by atoms with van der Waals surface area (Å²) in [6.07, 6.45) is 0. The van der Waals surface area contributed by atoms with Gasteiger partial charge in [-0.2, -0.15) is 9.78 Å². The lowest BCUT2D eigenvalue weighted by molar-refractivity contribution is -0.119. The van der Waals surface area contributed by atoms with E-state index in [1.807, 2.05) is 0 Å². The molecule has 0 unspecified atom stereocenters. The van der Waals surface area contributed by atoms with Crippen LogP contribution in [0.15, 0.2) is 83.7 Å². The van der Waals surface area contributed by atoms with Gasteiger partial charge in [0.15, 0.2) is 12.3 Å². The Morgan fingerprint density at radius 3 is 2.21 bits per heavy atom. The highest BCUT2D eigenvalue weighted by atomic mass is 16.5. The third-order valence-electron chi connectivity index (χ3n) is 4.99. The van der Waals surface area contributed by atoms with Crippen LogP contribution in [-0.4, -0.2) is 41.2 Å². The number of rotatable bonds is 6. The summed E-state index contributed by atoms with van der Waals surface area (Å²) in [4.78, 5) is 49.6. The molecule has 0 saturated heterocycles. The summed E-state index contributed by atoms with van der Waals surface area (Å²) in [5.74, 6) is -1.66. The zero-order valence-electron chi connectivity index (χ0n) is 18.1. The average Bonchev–Trinajstić information content (AvgIpc) is 2.88. The molecular weight excluding hydrogens is 436 g/mol. The number of ether oxygens (including phenoxy) is 1. The van der Waals surface area contributed by atoms with Crippen LogP contribution in [0.2, 0.25) is 0 Å². The molecule has 0 fully saturated rings. The smallest absolute Gasteiger partial charge is 0.359 e. The van der Waals surface area contributed by atoms with E-state index >= 15 is 0 Å². The van der Waals surface area contributed by atoms with Gasteiger partial charge in [0.1, 0.15) is 0 Å². The number of amides is 2. The maximum atomic E-state index is 12.9. The molecule has 0 aliphatic rings. The Balaban J connectivity index is 1.53. The normalized spacial score (nSPS) is 10.5. The molecule has 0 bridgehead atoms. The lowest BCUT2D eigenvalue weighted by Gasteiger charge is -2.11. The fourth-order valence-electron chi connectivity index (χ4n) is 3.33. The van der Waals surface area contributed by atoms with Gasteiger partial charge in [-0.15, -0.1) is 0 Å². The minimum absolute atomic E-state index is 0.0817. The minimum atomic E-state index is -0.842. The number of hydrogen-bond acceptors (Lipinski definition) is 6. The average molecular weight is 456 g/mol. The largest absolute Gasteiger partial charge is 0.451 e. The van der Waals surface area contributed by atoms with Gasteiger partial charge in [-0.25, -0.2) is 4.79 Å². The van der Waals surface area contributed by atoms with Crippen molar-refractivity contribution >= 4 is 34.2 Å². The van der Waals surface area contributed by atoms with Gasteiger partial charge in [-0.05, 0) is 42.5 Å². The van der Waals surface area contributed by atoms with E-state index in [4.69, 9.17) is 4.74 Å². The van der Waals surface area contributed by atoms with Crippen LogP contribution >= 0.6 is 0 Å². The molecule has 0 aliphatic heterocycles. The van der Waals surface area contributed by atoms with E-state index in [0.717, 1.165) is 4.68 Å². The quantitative estimate of drug-likeness (QED) is 0.431. The number of para-hydroxylation sites is 1. The Hall–Kier alpha value is -4.79. The van der Waals surface area contributed by atoms with Crippen LogP contribution in [0, 0.1) is 0 Å². The molecule has 9 nitrogen and oxygen atoms in total. The van der Waals surface area contributed by atoms with Crippen LogP contribution in [0.5, 0.6) is 0 Å². The second-order valence-corrected chi connectivity index (χ2v) is 7.23. The summed E-state index contributed by atoms with van der Waals surface area (Å²) in [6, 6.07) is 21.5. The summed E-state index contributed by atoms with van der Waals surface area (Å²) in [5.41, 5.74) is 0.914. The Morgan fingerprint density at radius 1 is 0.882 bits per heavy atom. The van der Waals surface area contributed by atoms with E-state index in [2.05, 4.69) is 15.7 Å². The number of carbonyl (C=O) groups excluding carboxylic acids is 3. The molecule has 4 rings (SSSR count). The minimum Gasteiger partial charge on any atom is -0.451 e. The van der Waals surface area contributed by atoms with Crippen molar-refractivity contribution in [1.29, 1.82) is 0 Å². The third-order valence-corrected chi connectivity index (χ3v) is 4.99. The number of hydrogen-bond donors (Lipinski definition) is 2. The Morgan fingerprint density at radius 2 is 1.53 bits per heavy atom. The van der Waals surface area contributed by atoms with Crippen LogP contribution in [-0.2, 0) is 9.53 Å². The van der Waals surface area contributed by atoms with E-state index in [0.29, 0.717) is 27.7 Å². The van der Waals surface area contributed by atoms with Crippen LogP contribution in [0.4, 0.5) is 5.69 Å². The predicted molar refractivity (Wildman–Crippen MR) is 126 cm³/mol. The molecule has 0 radical (unpaired) electrons. The van der Waals surface area contributed by atoms with Gasteiger partial charge in [0.05, 0.1) is 11.1 Å². The van der Waals surface area contributed by atoms with Gasteiger partial charge < -0.3 is 15.4 Å². The lowest BCUT2D eigenvalue weighted by Crippen LogP contribution is -2.26. The molecule has 34 heavy (non-hydrogen) atoms. The van der Waals surface area contributed by atoms with Crippen molar-refractivity contribution in [2.45, 2.75) is 0 Å². The third kappa shape index (κ3) is 4.68. The van der Waals surface area contributed by atoms with Crippen LogP contribution in [0.25, 0.3) is 16.5 Å². The highest BCUT2D eigenvalue weighted by Crippen LogP contribution is 2.16. The van der Waals surface area contributed by atoms with Gasteiger partial charge in [-0.3, -0.25) is 14.4 Å². The monoisotopic (exact) mass is 456 g/mol. The topological polar surface area (TPSA) is 119 Å². The second-order valence-electron chi connectivity index (χ2n) is 7.23. The Kier molecular flexibility index (Phi) is 6.45. The highest BCUT2D eigenvalue weighted by molar-refractivity contribution is 6.03. The number of nitrogens with one attached hydrogen (secondary N) is 2.